The Balaban J connectivity index is 0. The van der Waals surface area contributed by atoms with E-state index in [0.717, 1.165) is 19.0 Å². The van der Waals surface area contributed by atoms with E-state index in [0.29, 0.717) is 0 Å². The van der Waals surface area contributed by atoms with E-state index in [4.69, 9.17) is 5.11 Å². The molecule has 0 atom stereocenters. The largest absolute Gasteiger partial charge is 0.395 e. The van der Waals surface area contributed by atoms with E-state index in [-0.39, 0.29) is 14.0 Å². The third-order valence-corrected chi connectivity index (χ3v) is 1.42. The molecule has 0 saturated carbocycles. The minimum atomic E-state index is 0. The van der Waals surface area contributed by atoms with Crippen molar-refractivity contribution >= 4 is 0 Å². The Morgan fingerprint density at radius 2 is 1.91 bits per heavy atom. The van der Waals surface area contributed by atoms with Crippen LogP contribution in [0.1, 0.15) is 34.1 Å². The lowest BCUT2D eigenvalue weighted by molar-refractivity contribution is 0.291. The van der Waals surface area contributed by atoms with Crippen LogP contribution in [0.15, 0.2) is 0 Å². The van der Waals surface area contributed by atoms with E-state index >= 15 is 0 Å². The molecular formula is C9H23NO. The van der Waals surface area contributed by atoms with E-state index in [1.54, 1.807) is 0 Å². The lowest BCUT2D eigenvalue weighted by atomic mass is 10.1. The maximum absolute atomic E-state index is 8.41. The molecule has 0 aromatic rings. The Morgan fingerprint density at radius 1 is 1.27 bits per heavy atom. The summed E-state index contributed by atoms with van der Waals surface area (Å²) >= 11 is 0. The van der Waals surface area contributed by atoms with Crippen LogP contribution in [0, 0.1) is 5.92 Å². The smallest absolute Gasteiger partial charge is 0.0555 e. The summed E-state index contributed by atoms with van der Waals surface area (Å²) in [7, 11) is 0. The molecule has 0 amide bonds. The van der Waals surface area contributed by atoms with Gasteiger partial charge in [-0.25, -0.2) is 0 Å². The highest BCUT2D eigenvalue weighted by molar-refractivity contribution is 4.49. The van der Waals surface area contributed by atoms with E-state index in [1.165, 1.54) is 12.8 Å². The van der Waals surface area contributed by atoms with Crippen molar-refractivity contribution in [2.75, 3.05) is 19.7 Å². The molecular weight excluding hydrogens is 138 g/mol. The fourth-order valence-electron chi connectivity index (χ4n) is 0.839. The predicted octanol–water partition coefficient (Wildman–Crippen LogP) is 1.64. The molecule has 70 valence electrons. The number of nitrogens with one attached hydrogen (secondary N) is 1. The van der Waals surface area contributed by atoms with Gasteiger partial charge in [0.05, 0.1) is 6.61 Å². The zero-order valence-electron chi connectivity index (χ0n) is 7.06. The van der Waals surface area contributed by atoms with Crippen LogP contribution in [-0.4, -0.2) is 24.8 Å². The predicted molar refractivity (Wildman–Crippen MR) is 50.8 cm³/mol. The van der Waals surface area contributed by atoms with Gasteiger partial charge in [-0.1, -0.05) is 21.3 Å². The molecule has 0 fully saturated rings. The summed E-state index contributed by atoms with van der Waals surface area (Å²) in [5, 5.41) is 11.6. The van der Waals surface area contributed by atoms with Gasteiger partial charge in [-0.3, -0.25) is 0 Å². The summed E-state index contributed by atoms with van der Waals surface area (Å²) in [6.45, 7) is 6.48. The minimum absolute atomic E-state index is 0. The molecule has 2 heteroatoms. The molecule has 0 bridgehead atoms. The second kappa shape index (κ2) is 9.92. The highest BCUT2D eigenvalue weighted by atomic mass is 16.3. The molecule has 0 aliphatic heterocycles. The Labute approximate surface area is 71.0 Å². The van der Waals surface area contributed by atoms with Crippen molar-refractivity contribution < 1.29 is 5.11 Å². The Hall–Kier alpha value is -0.0800. The zero-order chi connectivity index (χ0) is 7.82. The topological polar surface area (TPSA) is 32.3 Å². The van der Waals surface area contributed by atoms with Crippen molar-refractivity contribution in [3.63, 3.8) is 0 Å². The van der Waals surface area contributed by atoms with Gasteiger partial charge in [0.15, 0.2) is 0 Å². The monoisotopic (exact) mass is 161 g/mol. The third kappa shape index (κ3) is 13.0. The SMILES string of the molecule is C.CC(C)CCCNCCO. The average molecular weight is 161 g/mol. The third-order valence-electron chi connectivity index (χ3n) is 1.42. The van der Waals surface area contributed by atoms with E-state index in [2.05, 4.69) is 19.2 Å². The van der Waals surface area contributed by atoms with Gasteiger partial charge in [0.25, 0.3) is 0 Å². The van der Waals surface area contributed by atoms with Crippen LogP contribution in [0.5, 0.6) is 0 Å². The van der Waals surface area contributed by atoms with Crippen molar-refractivity contribution in [2.24, 2.45) is 5.92 Å². The van der Waals surface area contributed by atoms with E-state index in [9.17, 15) is 0 Å². The first-order chi connectivity index (χ1) is 4.77. The first-order valence-electron chi connectivity index (χ1n) is 4.09. The molecule has 11 heavy (non-hydrogen) atoms. The van der Waals surface area contributed by atoms with Crippen LogP contribution in [0.4, 0.5) is 0 Å². The summed E-state index contributed by atoms with van der Waals surface area (Å²) in [5.41, 5.74) is 0. The molecule has 0 heterocycles. The van der Waals surface area contributed by atoms with Crippen LogP contribution < -0.4 is 5.32 Å². The van der Waals surface area contributed by atoms with Gasteiger partial charge in [0, 0.05) is 6.54 Å². The van der Waals surface area contributed by atoms with Crippen LogP contribution in [-0.2, 0) is 0 Å². The highest BCUT2D eigenvalue weighted by Gasteiger charge is 1.92. The average Bonchev–Trinajstić information content (AvgIpc) is 1.87. The van der Waals surface area contributed by atoms with E-state index in [1.807, 2.05) is 0 Å². The molecule has 2 nitrogen and oxygen atoms in total. The van der Waals surface area contributed by atoms with Gasteiger partial charge in [-0.15, -0.1) is 0 Å². The van der Waals surface area contributed by atoms with Crippen LogP contribution >= 0.6 is 0 Å². The van der Waals surface area contributed by atoms with Crippen molar-refractivity contribution in [1.82, 2.24) is 5.32 Å². The van der Waals surface area contributed by atoms with Gasteiger partial charge in [0.2, 0.25) is 0 Å². The lowest BCUT2D eigenvalue weighted by Gasteiger charge is -2.04. The van der Waals surface area contributed by atoms with Crippen LogP contribution in [0.3, 0.4) is 0 Å². The van der Waals surface area contributed by atoms with Crippen molar-refractivity contribution in [3.05, 3.63) is 0 Å². The van der Waals surface area contributed by atoms with Gasteiger partial charge >= 0.3 is 0 Å². The Morgan fingerprint density at radius 3 is 2.36 bits per heavy atom. The Bertz CT molecular complexity index is 64.6. The van der Waals surface area contributed by atoms with Gasteiger partial charge < -0.3 is 10.4 Å². The second-order valence-corrected chi connectivity index (χ2v) is 3.01. The highest BCUT2D eigenvalue weighted by Crippen LogP contribution is 2.01. The van der Waals surface area contributed by atoms with E-state index < -0.39 is 0 Å². The van der Waals surface area contributed by atoms with Crippen molar-refractivity contribution in [2.45, 2.75) is 34.1 Å². The summed E-state index contributed by atoms with van der Waals surface area (Å²) < 4.78 is 0. The van der Waals surface area contributed by atoms with Crippen LogP contribution in [0.2, 0.25) is 0 Å². The summed E-state index contributed by atoms with van der Waals surface area (Å²) in [6, 6.07) is 0. The molecule has 0 rings (SSSR count). The maximum atomic E-state index is 8.41. The molecule has 0 spiro atoms. The fourth-order valence-corrected chi connectivity index (χ4v) is 0.839. The number of aliphatic hydroxyl groups excluding tert-OH is 1. The number of hydrogen-bond donors (Lipinski definition) is 2. The molecule has 2 N–H and O–H groups in total. The normalized spacial score (nSPS) is 9.82. The molecule has 0 unspecified atom stereocenters. The summed E-state index contributed by atoms with van der Waals surface area (Å²) in [5.74, 6) is 0.802. The van der Waals surface area contributed by atoms with Gasteiger partial charge in [-0.05, 0) is 25.3 Å². The standard InChI is InChI=1S/C8H19NO.CH4/c1-8(2)4-3-5-9-6-7-10;/h8-10H,3-7H2,1-2H3;1H4. The number of rotatable bonds is 6. The first kappa shape index (κ1) is 13.5. The maximum Gasteiger partial charge on any atom is 0.0555 e. The number of aliphatic hydroxyl groups is 1. The van der Waals surface area contributed by atoms with Gasteiger partial charge in [0.1, 0.15) is 0 Å². The van der Waals surface area contributed by atoms with Crippen LogP contribution in [0.25, 0.3) is 0 Å². The zero-order valence-corrected chi connectivity index (χ0v) is 7.06. The van der Waals surface area contributed by atoms with Crippen molar-refractivity contribution in [3.8, 4) is 0 Å². The second-order valence-electron chi connectivity index (χ2n) is 3.01. The summed E-state index contributed by atoms with van der Waals surface area (Å²) in [4.78, 5) is 0. The number of hydrogen-bond acceptors (Lipinski definition) is 2. The molecule has 0 aromatic carbocycles. The summed E-state index contributed by atoms with van der Waals surface area (Å²) in [6.07, 6.45) is 2.50. The first-order valence-corrected chi connectivity index (χ1v) is 4.09. The molecule has 0 aromatic heterocycles. The molecule has 0 radical (unpaired) electrons. The quantitative estimate of drug-likeness (QED) is 0.580. The lowest BCUT2D eigenvalue weighted by Crippen LogP contribution is -2.19. The molecule has 0 saturated heterocycles. The van der Waals surface area contributed by atoms with Crippen molar-refractivity contribution in [1.29, 1.82) is 0 Å². The fraction of sp³-hybridized carbons (Fsp3) is 1.00. The Kier molecular flexibility index (Phi) is 12.2. The minimum Gasteiger partial charge on any atom is -0.395 e. The molecule has 0 aliphatic rings. The molecule has 0 aliphatic carbocycles. The van der Waals surface area contributed by atoms with Gasteiger partial charge in [-0.2, -0.15) is 0 Å².